The molecule has 4 heteroatoms. The molecule has 0 saturated carbocycles. The van der Waals surface area contributed by atoms with Crippen LogP contribution in [0.2, 0.25) is 5.02 Å². The minimum atomic E-state index is 0.146. The summed E-state index contributed by atoms with van der Waals surface area (Å²) >= 11 is 5.99. The summed E-state index contributed by atoms with van der Waals surface area (Å²) in [5.41, 5.74) is 2.10. The Hall–Kier alpha value is -1.45. The molecule has 94 valence electrons. The van der Waals surface area contributed by atoms with E-state index in [1.165, 1.54) is 5.56 Å². The summed E-state index contributed by atoms with van der Waals surface area (Å²) < 4.78 is 0. The Bertz CT molecular complexity index is 501. The average Bonchev–Trinajstić information content (AvgIpc) is 2.39. The second-order valence-corrected chi connectivity index (χ2v) is 4.73. The molecule has 3 nitrogen and oxygen atoms in total. The molecule has 0 aliphatic carbocycles. The summed E-state index contributed by atoms with van der Waals surface area (Å²) in [6.45, 7) is 4.18. The first-order valence-electron chi connectivity index (χ1n) is 5.94. The molecule has 0 radical (unpaired) electrons. The molecular weight excluding hydrogens is 246 g/mol. The molecule has 0 aliphatic rings. The van der Waals surface area contributed by atoms with Crippen LogP contribution in [-0.4, -0.2) is 9.97 Å². The lowest BCUT2D eigenvalue weighted by molar-refractivity contribution is 0.485. The van der Waals surface area contributed by atoms with Crippen LogP contribution in [0, 0.1) is 0 Å². The number of nitrogens with one attached hydrogen (secondary N) is 1. The minimum absolute atomic E-state index is 0.146. The van der Waals surface area contributed by atoms with E-state index in [1.54, 1.807) is 18.6 Å². The first-order valence-corrected chi connectivity index (χ1v) is 6.32. The third-order valence-electron chi connectivity index (χ3n) is 2.88. The van der Waals surface area contributed by atoms with E-state index in [1.807, 2.05) is 18.2 Å². The Labute approximate surface area is 112 Å². The van der Waals surface area contributed by atoms with Gasteiger partial charge in [-0.25, -0.2) is 0 Å². The summed E-state index contributed by atoms with van der Waals surface area (Å²) in [5, 5.41) is 4.24. The van der Waals surface area contributed by atoms with Crippen molar-refractivity contribution in [3.8, 4) is 0 Å². The van der Waals surface area contributed by atoms with E-state index in [4.69, 9.17) is 11.6 Å². The van der Waals surface area contributed by atoms with Crippen LogP contribution >= 0.6 is 11.6 Å². The number of halogens is 1. The largest absolute Gasteiger partial charge is 0.302 e. The highest BCUT2D eigenvalue weighted by Crippen LogP contribution is 2.20. The number of rotatable bonds is 4. The molecule has 0 amide bonds. The SMILES string of the molecule is CC(N[C@H](C)c1cccc(Cl)c1)c1cnccn1. The molecule has 2 atom stereocenters. The van der Waals surface area contributed by atoms with Gasteiger partial charge in [-0.3, -0.25) is 9.97 Å². The van der Waals surface area contributed by atoms with Gasteiger partial charge in [0.05, 0.1) is 5.69 Å². The highest BCUT2D eigenvalue weighted by Gasteiger charge is 2.12. The molecule has 0 saturated heterocycles. The summed E-state index contributed by atoms with van der Waals surface area (Å²) in [6.07, 6.45) is 5.16. The zero-order valence-corrected chi connectivity index (χ0v) is 11.2. The number of aromatic nitrogens is 2. The lowest BCUT2D eigenvalue weighted by atomic mass is 10.1. The summed E-state index contributed by atoms with van der Waals surface area (Å²) in [5.74, 6) is 0. The van der Waals surface area contributed by atoms with E-state index < -0.39 is 0 Å². The molecule has 18 heavy (non-hydrogen) atoms. The van der Waals surface area contributed by atoms with Gasteiger partial charge in [-0.05, 0) is 31.5 Å². The van der Waals surface area contributed by atoms with Gasteiger partial charge in [0.1, 0.15) is 0 Å². The maximum atomic E-state index is 5.99. The summed E-state index contributed by atoms with van der Waals surface area (Å²) in [7, 11) is 0. The van der Waals surface area contributed by atoms with Crippen molar-refractivity contribution in [2.45, 2.75) is 25.9 Å². The maximum absolute atomic E-state index is 5.99. The van der Waals surface area contributed by atoms with Gasteiger partial charge < -0.3 is 5.32 Å². The molecule has 1 unspecified atom stereocenters. The van der Waals surface area contributed by atoms with Crippen LogP contribution < -0.4 is 5.32 Å². The standard InChI is InChI=1S/C14H16ClN3/c1-10(12-4-3-5-13(15)8-12)18-11(2)14-9-16-6-7-17-14/h3-11,18H,1-2H3/t10-,11?/m1/s1. The van der Waals surface area contributed by atoms with Crippen molar-refractivity contribution in [1.82, 2.24) is 15.3 Å². The molecule has 0 fully saturated rings. The lowest BCUT2D eigenvalue weighted by Gasteiger charge is -2.19. The third-order valence-corrected chi connectivity index (χ3v) is 3.11. The number of benzene rings is 1. The summed E-state index contributed by atoms with van der Waals surface area (Å²) in [6, 6.07) is 8.23. The van der Waals surface area contributed by atoms with Crippen molar-refractivity contribution in [1.29, 1.82) is 0 Å². The van der Waals surface area contributed by atoms with Crippen LogP contribution in [-0.2, 0) is 0 Å². The normalized spacial score (nSPS) is 14.2. The second kappa shape index (κ2) is 5.94. The van der Waals surface area contributed by atoms with Crippen molar-refractivity contribution in [3.63, 3.8) is 0 Å². The Morgan fingerprint density at radius 1 is 1.17 bits per heavy atom. The van der Waals surface area contributed by atoms with Crippen molar-refractivity contribution in [2.75, 3.05) is 0 Å². The fourth-order valence-electron chi connectivity index (χ4n) is 1.87. The predicted octanol–water partition coefficient (Wildman–Crippen LogP) is 3.54. The molecular formula is C14H16ClN3. The van der Waals surface area contributed by atoms with Crippen molar-refractivity contribution in [3.05, 3.63) is 59.1 Å². The fraction of sp³-hybridized carbons (Fsp3) is 0.286. The monoisotopic (exact) mass is 261 g/mol. The molecule has 0 spiro atoms. The van der Waals surface area contributed by atoms with Gasteiger partial charge in [-0.2, -0.15) is 0 Å². The van der Waals surface area contributed by atoms with Crippen LogP contribution in [0.5, 0.6) is 0 Å². The molecule has 1 aromatic carbocycles. The van der Waals surface area contributed by atoms with Gasteiger partial charge in [0.2, 0.25) is 0 Å². The zero-order chi connectivity index (χ0) is 13.0. The van der Waals surface area contributed by atoms with Gasteiger partial charge >= 0.3 is 0 Å². The minimum Gasteiger partial charge on any atom is -0.302 e. The van der Waals surface area contributed by atoms with Crippen molar-refractivity contribution in [2.24, 2.45) is 0 Å². The topological polar surface area (TPSA) is 37.8 Å². The van der Waals surface area contributed by atoms with Crippen LogP contribution in [0.1, 0.15) is 37.2 Å². The quantitative estimate of drug-likeness (QED) is 0.915. The number of hydrogen-bond donors (Lipinski definition) is 1. The second-order valence-electron chi connectivity index (χ2n) is 4.30. The van der Waals surface area contributed by atoms with E-state index in [0.717, 1.165) is 10.7 Å². The smallest absolute Gasteiger partial charge is 0.0753 e. The molecule has 2 rings (SSSR count). The lowest BCUT2D eigenvalue weighted by Crippen LogP contribution is -2.23. The van der Waals surface area contributed by atoms with E-state index in [-0.39, 0.29) is 12.1 Å². The van der Waals surface area contributed by atoms with E-state index in [9.17, 15) is 0 Å². The van der Waals surface area contributed by atoms with Crippen LogP contribution in [0.15, 0.2) is 42.9 Å². The van der Waals surface area contributed by atoms with Crippen LogP contribution in [0.3, 0.4) is 0 Å². The molecule has 1 heterocycles. The Morgan fingerprint density at radius 3 is 2.67 bits per heavy atom. The highest BCUT2D eigenvalue weighted by atomic mass is 35.5. The highest BCUT2D eigenvalue weighted by molar-refractivity contribution is 6.30. The van der Waals surface area contributed by atoms with Gasteiger partial charge in [0.15, 0.2) is 0 Å². The first-order chi connectivity index (χ1) is 8.66. The zero-order valence-electron chi connectivity index (χ0n) is 10.5. The Kier molecular flexibility index (Phi) is 4.28. The first kappa shape index (κ1) is 13.0. The molecule has 0 aliphatic heterocycles. The van der Waals surface area contributed by atoms with E-state index in [0.29, 0.717) is 0 Å². The van der Waals surface area contributed by atoms with Crippen molar-refractivity contribution < 1.29 is 0 Å². The fourth-order valence-corrected chi connectivity index (χ4v) is 2.07. The van der Waals surface area contributed by atoms with E-state index >= 15 is 0 Å². The Morgan fingerprint density at radius 2 is 2.00 bits per heavy atom. The van der Waals surface area contributed by atoms with Crippen LogP contribution in [0.25, 0.3) is 0 Å². The molecule has 2 aromatic rings. The van der Waals surface area contributed by atoms with Crippen molar-refractivity contribution >= 4 is 11.6 Å². The van der Waals surface area contributed by atoms with Gasteiger partial charge in [-0.15, -0.1) is 0 Å². The Balaban J connectivity index is 2.05. The maximum Gasteiger partial charge on any atom is 0.0753 e. The van der Waals surface area contributed by atoms with Gasteiger partial charge in [0, 0.05) is 35.7 Å². The third kappa shape index (κ3) is 3.28. The molecule has 0 bridgehead atoms. The molecule has 1 N–H and O–H groups in total. The predicted molar refractivity (Wildman–Crippen MR) is 73.4 cm³/mol. The van der Waals surface area contributed by atoms with Crippen LogP contribution in [0.4, 0.5) is 0 Å². The summed E-state index contributed by atoms with van der Waals surface area (Å²) in [4.78, 5) is 8.37. The molecule has 1 aromatic heterocycles. The van der Waals surface area contributed by atoms with Gasteiger partial charge in [0.25, 0.3) is 0 Å². The van der Waals surface area contributed by atoms with E-state index in [2.05, 4.69) is 35.2 Å². The number of nitrogens with zero attached hydrogens (tertiary/aromatic N) is 2. The van der Waals surface area contributed by atoms with Gasteiger partial charge in [-0.1, -0.05) is 23.7 Å². The average molecular weight is 262 g/mol. The number of hydrogen-bond acceptors (Lipinski definition) is 3.